The first-order valence-corrected chi connectivity index (χ1v) is 8.56. The Kier molecular flexibility index (Phi) is 5.96. The van der Waals surface area contributed by atoms with Crippen LogP contribution < -0.4 is 15.6 Å². The number of hydrogen-bond donors (Lipinski definition) is 2. The zero-order valence-corrected chi connectivity index (χ0v) is 15.9. The Labute approximate surface area is 162 Å². The zero-order chi connectivity index (χ0) is 17.1. The summed E-state index contributed by atoms with van der Waals surface area (Å²) < 4.78 is 11.3. The fraction of sp³-hybridized carbons (Fsp3) is 0.250. The summed E-state index contributed by atoms with van der Waals surface area (Å²) in [5.74, 6) is 2.56. The van der Waals surface area contributed by atoms with Crippen molar-refractivity contribution in [3.63, 3.8) is 0 Å². The lowest BCUT2D eigenvalue weighted by Gasteiger charge is -2.21. The molecule has 5 nitrogen and oxygen atoms in total. The number of rotatable bonds is 4. The van der Waals surface area contributed by atoms with E-state index in [4.69, 9.17) is 9.26 Å². The number of para-hydroxylation sites is 1. The van der Waals surface area contributed by atoms with Crippen molar-refractivity contribution >= 4 is 17.0 Å². The lowest BCUT2D eigenvalue weighted by atomic mass is 9.91. The van der Waals surface area contributed by atoms with Gasteiger partial charge in [0, 0.05) is 5.92 Å². The van der Waals surface area contributed by atoms with Gasteiger partial charge in [-0.2, -0.15) is 5.16 Å². The van der Waals surface area contributed by atoms with Crippen LogP contribution in [0.5, 0.6) is 11.5 Å². The van der Waals surface area contributed by atoms with E-state index >= 15 is 0 Å². The van der Waals surface area contributed by atoms with Gasteiger partial charge in [-0.05, 0) is 55.8 Å². The largest absolute Gasteiger partial charge is 0.457 e. The number of halogens is 1. The Balaban J connectivity index is 0.00000196. The van der Waals surface area contributed by atoms with E-state index in [0.29, 0.717) is 5.56 Å². The standard InChI is InChI=1S/C20H20N2O3.BrH/c23-20-18(19(25-22-20)15-10-12-21-13-11-15)14-6-8-17(9-7-14)24-16-4-2-1-3-5-16;/h1-9,15,21H,10-13H2,(H,22,23);1H. The number of H-pyrrole nitrogens is 1. The van der Waals surface area contributed by atoms with E-state index in [1.165, 1.54) is 0 Å². The fourth-order valence-electron chi connectivity index (χ4n) is 3.27. The molecule has 1 aliphatic heterocycles. The average Bonchev–Trinajstić information content (AvgIpc) is 3.05. The Morgan fingerprint density at radius 1 is 0.923 bits per heavy atom. The summed E-state index contributed by atoms with van der Waals surface area (Å²) in [6, 6.07) is 17.2. The first-order valence-electron chi connectivity index (χ1n) is 8.56. The smallest absolute Gasteiger partial charge is 0.288 e. The van der Waals surface area contributed by atoms with Crippen molar-refractivity contribution in [2.45, 2.75) is 18.8 Å². The van der Waals surface area contributed by atoms with Crippen LogP contribution in [-0.2, 0) is 0 Å². The lowest BCUT2D eigenvalue weighted by molar-refractivity contribution is 0.326. The van der Waals surface area contributed by atoms with Gasteiger partial charge in [0.2, 0.25) is 0 Å². The molecule has 2 aromatic carbocycles. The van der Waals surface area contributed by atoms with Crippen molar-refractivity contribution < 1.29 is 9.26 Å². The Bertz CT molecular complexity index is 881. The molecule has 6 heteroatoms. The second kappa shape index (κ2) is 8.38. The highest BCUT2D eigenvalue weighted by molar-refractivity contribution is 8.93. The Hall–Kier alpha value is -2.31. The van der Waals surface area contributed by atoms with Gasteiger partial charge in [0.15, 0.2) is 0 Å². The predicted octanol–water partition coefficient (Wildman–Crippen LogP) is 4.47. The number of benzene rings is 2. The van der Waals surface area contributed by atoms with Crippen LogP contribution in [0.15, 0.2) is 63.9 Å². The summed E-state index contributed by atoms with van der Waals surface area (Å²) in [4.78, 5) is 12.3. The molecule has 1 aromatic heterocycles. The molecule has 0 aliphatic carbocycles. The molecule has 0 amide bonds. The average molecular weight is 417 g/mol. The van der Waals surface area contributed by atoms with Gasteiger partial charge in [-0.1, -0.05) is 30.3 Å². The molecule has 0 bridgehead atoms. The second-order valence-electron chi connectivity index (χ2n) is 6.24. The molecule has 26 heavy (non-hydrogen) atoms. The third-order valence-electron chi connectivity index (χ3n) is 4.56. The van der Waals surface area contributed by atoms with Crippen molar-refractivity contribution in [1.82, 2.24) is 10.5 Å². The number of piperidine rings is 1. The minimum atomic E-state index is -0.176. The monoisotopic (exact) mass is 416 g/mol. The van der Waals surface area contributed by atoms with E-state index in [9.17, 15) is 4.79 Å². The normalized spacial score (nSPS) is 14.6. The number of ether oxygens (including phenoxy) is 1. The van der Waals surface area contributed by atoms with Crippen molar-refractivity contribution in [3.05, 3.63) is 70.7 Å². The van der Waals surface area contributed by atoms with Crippen molar-refractivity contribution in [2.24, 2.45) is 0 Å². The maximum atomic E-state index is 12.3. The predicted molar refractivity (Wildman–Crippen MR) is 106 cm³/mol. The fourth-order valence-corrected chi connectivity index (χ4v) is 3.27. The number of aromatic amines is 1. The Morgan fingerprint density at radius 2 is 1.58 bits per heavy atom. The van der Waals surface area contributed by atoms with Crippen LogP contribution in [0.4, 0.5) is 0 Å². The van der Waals surface area contributed by atoms with Crippen LogP contribution in [0.1, 0.15) is 24.5 Å². The van der Waals surface area contributed by atoms with Gasteiger partial charge < -0.3 is 14.6 Å². The summed E-state index contributed by atoms with van der Waals surface area (Å²) in [7, 11) is 0. The number of aromatic nitrogens is 1. The van der Waals surface area contributed by atoms with Gasteiger partial charge in [0.25, 0.3) is 5.56 Å². The van der Waals surface area contributed by atoms with E-state index in [1.807, 2.05) is 54.6 Å². The molecule has 4 rings (SSSR count). The molecule has 136 valence electrons. The maximum absolute atomic E-state index is 12.3. The van der Waals surface area contributed by atoms with E-state index < -0.39 is 0 Å². The van der Waals surface area contributed by atoms with E-state index in [-0.39, 0.29) is 28.5 Å². The highest BCUT2D eigenvalue weighted by Crippen LogP contribution is 2.33. The molecule has 1 saturated heterocycles. The maximum Gasteiger partial charge on any atom is 0.288 e. The quantitative estimate of drug-likeness (QED) is 0.657. The summed E-state index contributed by atoms with van der Waals surface area (Å²) in [5, 5.41) is 5.84. The molecule has 0 spiro atoms. The zero-order valence-electron chi connectivity index (χ0n) is 14.2. The SMILES string of the molecule is Br.O=c1[nH]oc(C2CCNCC2)c1-c1ccc(Oc2ccccc2)cc1. The topological polar surface area (TPSA) is 67.3 Å². The summed E-state index contributed by atoms with van der Waals surface area (Å²) >= 11 is 0. The van der Waals surface area contributed by atoms with Crippen LogP contribution in [0, 0.1) is 0 Å². The van der Waals surface area contributed by atoms with Crippen LogP contribution in [0.3, 0.4) is 0 Å². The molecular formula is C20H21BrN2O3. The molecule has 0 saturated carbocycles. The lowest BCUT2D eigenvalue weighted by Crippen LogP contribution is -2.26. The minimum Gasteiger partial charge on any atom is -0.457 e. The summed E-state index contributed by atoms with van der Waals surface area (Å²) in [6.45, 7) is 1.89. The molecule has 0 unspecified atom stereocenters. The van der Waals surface area contributed by atoms with Crippen molar-refractivity contribution in [2.75, 3.05) is 13.1 Å². The number of nitrogens with one attached hydrogen (secondary N) is 2. The third kappa shape index (κ3) is 3.92. The minimum absolute atomic E-state index is 0. The van der Waals surface area contributed by atoms with Gasteiger partial charge in [0.1, 0.15) is 17.3 Å². The van der Waals surface area contributed by atoms with Crippen molar-refractivity contribution in [3.8, 4) is 22.6 Å². The van der Waals surface area contributed by atoms with Gasteiger partial charge in [-0.25, -0.2) is 0 Å². The van der Waals surface area contributed by atoms with Gasteiger partial charge in [0.05, 0.1) is 5.56 Å². The van der Waals surface area contributed by atoms with Gasteiger partial charge in [-0.3, -0.25) is 4.79 Å². The van der Waals surface area contributed by atoms with E-state index in [1.54, 1.807) is 0 Å². The molecule has 0 atom stereocenters. The third-order valence-corrected chi connectivity index (χ3v) is 4.56. The molecule has 1 aliphatic rings. The first kappa shape index (κ1) is 18.5. The summed E-state index contributed by atoms with van der Waals surface area (Å²) in [6.07, 6.45) is 1.95. The molecule has 3 aromatic rings. The van der Waals surface area contributed by atoms with Gasteiger partial charge >= 0.3 is 0 Å². The molecular weight excluding hydrogens is 396 g/mol. The van der Waals surface area contributed by atoms with Crippen LogP contribution >= 0.6 is 17.0 Å². The van der Waals surface area contributed by atoms with Crippen LogP contribution in [0.25, 0.3) is 11.1 Å². The van der Waals surface area contributed by atoms with E-state index in [2.05, 4.69) is 10.5 Å². The molecule has 2 heterocycles. The van der Waals surface area contributed by atoms with Crippen molar-refractivity contribution in [1.29, 1.82) is 0 Å². The second-order valence-corrected chi connectivity index (χ2v) is 6.24. The van der Waals surface area contributed by atoms with Crippen LogP contribution in [-0.4, -0.2) is 18.2 Å². The van der Waals surface area contributed by atoms with Gasteiger partial charge in [-0.15, -0.1) is 17.0 Å². The highest BCUT2D eigenvalue weighted by Gasteiger charge is 2.25. The Morgan fingerprint density at radius 3 is 2.27 bits per heavy atom. The summed E-state index contributed by atoms with van der Waals surface area (Å²) in [5.41, 5.74) is 1.31. The number of hydrogen-bond acceptors (Lipinski definition) is 4. The van der Waals surface area contributed by atoms with Crippen LogP contribution in [0.2, 0.25) is 0 Å². The molecule has 1 fully saturated rings. The highest BCUT2D eigenvalue weighted by atomic mass is 79.9. The molecule has 2 N–H and O–H groups in total. The first-order chi connectivity index (χ1) is 12.3. The van der Waals surface area contributed by atoms with E-state index in [0.717, 1.165) is 48.8 Å². The molecule has 0 radical (unpaired) electrons.